The van der Waals surface area contributed by atoms with Gasteiger partial charge < -0.3 is 10.2 Å². The number of rotatable bonds is 6. The first kappa shape index (κ1) is 19.3. The normalized spacial score (nSPS) is 12.6. The number of hydrogen-bond donors (Lipinski definition) is 2. The molecule has 4 heteroatoms. The molecule has 0 heterocycles. The summed E-state index contributed by atoms with van der Waals surface area (Å²) < 4.78 is 0. The van der Waals surface area contributed by atoms with Crippen LogP contribution in [0.3, 0.4) is 0 Å². The molecule has 4 nitrogen and oxygen atoms in total. The molecule has 1 atom stereocenters. The zero-order chi connectivity index (χ0) is 14.9. The van der Waals surface area contributed by atoms with Gasteiger partial charge in [0, 0.05) is 6.42 Å². The number of hydrogen-bond acceptors (Lipinski definition) is 2. The third-order valence-electron chi connectivity index (χ3n) is 3.09. The van der Waals surface area contributed by atoms with E-state index < -0.39 is 17.4 Å². The molecule has 18 heavy (non-hydrogen) atoms. The van der Waals surface area contributed by atoms with Crippen LogP contribution in [0.25, 0.3) is 0 Å². The SMILES string of the molecule is CC(C)C(C)CC(=O)O.CCCC(C)(C)C(=O)O. The smallest absolute Gasteiger partial charge is 0.309 e. The third-order valence-corrected chi connectivity index (χ3v) is 3.09. The van der Waals surface area contributed by atoms with Crippen LogP contribution in [0.1, 0.15) is 60.8 Å². The number of carboxylic acids is 2. The first-order valence-corrected chi connectivity index (χ1v) is 6.49. The van der Waals surface area contributed by atoms with E-state index in [1.165, 1.54) is 0 Å². The van der Waals surface area contributed by atoms with Gasteiger partial charge in [-0.15, -0.1) is 0 Å². The van der Waals surface area contributed by atoms with Gasteiger partial charge in [0.1, 0.15) is 0 Å². The van der Waals surface area contributed by atoms with Crippen LogP contribution < -0.4 is 0 Å². The maximum Gasteiger partial charge on any atom is 0.309 e. The summed E-state index contributed by atoms with van der Waals surface area (Å²) in [4.78, 5) is 20.5. The van der Waals surface area contributed by atoms with Crippen molar-refractivity contribution in [1.29, 1.82) is 0 Å². The molecular formula is C14H28O4. The molecule has 0 saturated carbocycles. The highest BCUT2D eigenvalue weighted by Crippen LogP contribution is 2.21. The largest absolute Gasteiger partial charge is 0.481 e. The van der Waals surface area contributed by atoms with Crippen molar-refractivity contribution in [2.75, 3.05) is 0 Å². The van der Waals surface area contributed by atoms with Gasteiger partial charge in [0.05, 0.1) is 5.41 Å². The van der Waals surface area contributed by atoms with Crippen LogP contribution in [0, 0.1) is 17.3 Å². The number of carbonyl (C=O) groups is 2. The first-order chi connectivity index (χ1) is 8.04. The van der Waals surface area contributed by atoms with E-state index in [-0.39, 0.29) is 6.42 Å². The van der Waals surface area contributed by atoms with Crippen LogP contribution in [0.15, 0.2) is 0 Å². The second kappa shape index (κ2) is 8.95. The first-order valence-electron chi connectivity index (χ1n) is 6.49. The molecule has 0 aromatic heterocycles. The summed E-state index contributed by atoms with van der Waals surface area (Å²) in [6.07, 6.45) is 1.97. The number of carboxylic acid groups (broad SMARTS) is 2. The van der Waals surface area contributed by atoms with Crippen molar-refractivity contribution in [3.63, 3.8) is 0 Å². The van der Waals surface area contributed by atoms with Gasteiger partial charge in [-0.05, 0) is 32.1 Å². The Kier molecular flexibility index (Phi) is 9.59. The standard InChI is InChI=1S/2C7H14O2/c1-5(2)6(3)4-7(8)9;1-4-5-7(2,3)6(8)9/h5-6H,4H2,1-3H3,(H,8,9);4-5H2,1-3H3,(H,8,9). The Morgan fingerprint density at radius 2 is 1.56 bits per heavy atom. The lowest BCUT2D eigenvalue weighted by Crippen LogP contribution is -2.22. The Hall–Kier alpha value is -1.06. The molecule has 0 radical (unpaired) electrons. The molecule has 0 aliphatic carbocycles. The van der Waals surface area contributed by atoms with Crippen LogP contribution >= 0.6 is 0 Å². The Labute approximate surface area is 110 Å². The van der Waals surface area contributed by atoms with Crippen molar-refractivity contribution in [1.82, 2.24) is 0 Å². The van der Waals surface area contributed by atoms with Crippen LogP contribution in [0.4, 0.5) is 0 Å². The third kappa shape index (κ3) is 10.1. The molecule has 1 unspecified atom stereocenters. The average Bonchev–Trinajstić information content (AvgIpc) is 2.16. The summed E-state index contributed by atoms with van der Waals surface area (Å²) in [5, 5.41) is 16.9. The number of aliphatic carboxylic acids is 2. The molecule has 0 aromatic rings. The quantitative estimate of drug-likeness (QED) is 0.764. The minimum Gasteiger partial charge on any atom is -0.481 e. The molecule has 0 aromatic carbocycles. The average molecular weight is 260 g/mol. The van der Waals surface area contributed by atoms with Crippen molar-refractivity contribution in [3.8, 4) is 0 Å². The fourth-order valence-corrected chi connectivity index (χ4v) is 1.24. The topological polar surface area (TPSA) is 74.6 Å². The Morgan fingerprint density at radius 1 is 1.11 bits per heavy atom. The van der Waals surface area contributed by atoms with E-state index in [1.54, 1.807) is 13.8 Å². The van der Waals surface area contributed by atoms with E-state index in [0.29, 0.717) is 11.8 Å². The summed E-state index contributed by atoms with van der Waals surface area (Å²) in [5.74, 6) is -0.635. The zero-order valence-corrected chi connectivity index (χ0v) is 12.5. The van der Waals surface area contributed by atoms with Gasteiger partial charge in [0.25, 0.3) is 0 Å². The minimum absolute atomic E-state index is 0.289. The van der Waals surface area contributed by atoms with Gasteiger partial charge in [-0.25, -0.2) is 0 Å². The van der Waals surface area contributed by atoms with Gasteiger partial charge in [0.15, 0.2) is 0 Å². The van der Waals surface area contributed by atoms with Crippen molar-refractivity contribution in [2.45, 2.75) is 60.8 Å². The zero-order valence-electron chi connectivity index (χ0n) is 12.5. The van der Waals surface area contributed by atoms with Crippen molar-refractivity contribution in [2.24, 2.45) is 17.3 Å². The Bertz CT molecular complexity index is 257. The fourth-order valence-electron chi connectivity index (χ4n) is 1.24. The van der Waals surface area contributed by atoms with Gasteiger partial charge in [0.2, 0.25) is 0 Å². The minimum atomic E-state index is -0.704. The molecule has 0 aliphatic heterocycles. The summed E-state index contributed by atoms with van der Waals surface area (Å²) in [7, 11) is 0. The molecule has 0 saturated heterocycles. The fraction of sp³-hybridized carbons (Fsp3) is 0.857. The highest BCUT2D eigenvalue weighted by Gasteiger charge is 2.25. The predicted molar refractivity (Wildman–Crippen MR) is 72.6 cm³/mol. The van der Waals surface area contributed by atoms with Crippen LogP contribution in [0.2, 0.25) is 0 Å². The molecule has 0 aliphatic rings. The van der Waals surface area contributed by atoms with Crippen molar-refractivity contribution in [3.05, 3.63) is 0 Å². The Morgan fingerprint density at radius 3 is 1.67 bits per heavy atom. The molecule has 108 valence electrons. The van der Waals surface area contributed by atoms with E-state index in [0.717, 1.165) is 12.8 Å². The van der Waals surface area contributed by atoms with Crippen LogP contribution in [-0.4, -0.2) is 22.2 Å². The highest BCUT2D eigenvalue weighted by atomic mass is 16.4. The van der Waals surface area contributed by atoms with Gasteiger partial charge >= 0.3 is 11.9 Å². The summed E-state index contributed by atoms with van der Waals surface area (Å²) in [6, 6.07) is 0. The van der Waals surface area contributed by atoms with Crippen LogP contribution in [0.5, 0.6) is 0 Å². The summed E-state index contributed by atoms with van der Waals surface area (Å²) in [6.45, 7) is 11.5. The van der Waals surface area contributed by atoms with E-state index in [4.69, 9.17) is 10.2 Å². The summed E-state index contributed by atoms with van der Waals surface area (Å²) in [5.41, 5.74) is -0.533. The monoisotopic (exact) mass is 260 g/mol. The molecular weight excluding hydrogens is 232 g/mol. The molecule has 2 N–H and O–H groups in total. The highest BCUT2D eigenvalue weighted by molar-refractivity contribution is 5.73. The second-order valence-corrected chi connectivity index (χ2v) is 5.76. The van der Waals surface area contributed by atoms with Crippen molar-refractivity contribution < 1.29 is 19.8 Å². The molecule has 0 fully saturated rings. The second-order valence-electron chi connectivity index (χ2n) is 5.76. The summed E-state index contributed by atoms with van der Waals surface area (Å²) >= 11 is 0. The molecule has 0 spiro atoms. The molecule has 0 bridgehead atoms. The maximum absolute atomic E-state index is 10.4. The lowest BCUT2D eigenvalue weighted by Gasteiger charge is -2.16. The van der Waals surface area contributed by atoms with Crippen molar-refractivity contribution >= 4 is 11.9 Å². The lowest BCUT2D eigenvalue weighted by molar-refractivity contribution is -0.147. The van der Waals surface area contributed by atoms with Crippen LogP contribution in [-0.2, 0) is 9.59 Å². The predicted octanol–water partition coefficient (Wildman–Crippen LogP) is 3.65. The van der Waals surface area contributed by atoms with Gasteiger partial charge in [-0.1, -0.05) is 34.1 Å². The maximum atomic E-state index is 10.4. The van der Waals surface area contributed by atoms with Gasteiger partial charge in [-0.2, -0.15) is 0 Å². The lowest BCUT2D eigenvalue weighted by atomic mass is 9.88. The van der Waals surface area contributed by atoms with E-state index >= 15 is 0 Å². The molecule has 0 rings (SSSR count). The van der Waals surface area contributed by atoms with E-state index in [9.17, 15) is 9.59 Å². The van der Waals surface area contributed by atoms with E-state index in [2.05, 4.69) is 0 Å². The Balaban J connectivity index is 0. The van der Waals surface area contributed by atoms with E-state index in [1.807, 2.05) is 27.7 Å². The molecule has 0 amide bonds. The van der Waals surface area contributed by atoms with Gasteiger partial charge in [-0.3, -0.25) is 9.59 Å².